The number of nitrogens with zero attached hydrogens (tertiary/aromatic N) is 4. The lowest BCUT2D eigenvalue weighted by Crippen LogP contribution is -1.95. The van der Waals surface area contributed by atoms with Crippen molar-refractivity contribution in [3.63, 3.8) is 0 Å². The van der Waals surface area contributed by atoms with Crippen LogP contribution in [0.1, 0.15) is 0 Å². The number of hydrogen-bond acceptors (Lipinski definition) is 5. The Morgan fingerprint density at radius 3 is 1.45 bits per heavy atom. The third-order valence-electron chi connectivity index (χ3n) is 19.2. The van der Waals surface area contributed by atoms with E-state index < -0.39 is 0 Å². The van der Waals surface area contributed by atoms with Gasteiger partial charge in [0.25, 0.3) is 0 Å². The van der Waals surface area contributed by atoms with Gasteiger partial charge in [0.2, 0.25) is 0 Å². The number of thiophene rings is 2. The maximum atomic E-state index is 6.82. The van der Waals surface area contributed by atoms with Crippen LogP contribution < -0.4 is 0 Å². The molecule has 20 rings (SSSR count). The van der Waals surface area contributed by atoms with Crippen LogP contribution in [0.5, 0.6) is 0 Å². The van der Waals surface area contributed by atoms with Crippen LogP contribution in [0.25, 0.3) is 195 Å². The van der Waals surface area contributed by atoms with Gasteiger partial charge in [-0.05, 0) is 176 Å². The van der Waals surface area contributed by atoms with Crippen molar-refractivity contribution < 1.29 is 4.42 Å². The van der Waals surface area contributed by atoms with E-state index in [0.717, 1.165) is 83.5 Å². The third kappa shape index (κ3) is 8.17. The van der Waals surface area contributed by atoms with Crippen LogP contribution in [0.4, 0.5) is 0 Å². The molecular formula is C86H50N4OS2. The number of benzene rings is 14. The van der Waals surface area contributed by atoms with Gasteiger partial charge in [-0.3, -0.25) is 0 Å². The Morgan fingerprint density at radius 2 is 0.763 bits per heavy atom. The first-order valence-electron chi connectivity index (χ1n) is 31.5. The lowest BCUT2D eigenvalue weighted by molar-refractivity contribution is 0.667. The van der Waals surface area contributed by atoms with Crippen LogP contribution in [0.2, 0.25) is 0 Å². The summed E-state index contributed by atoms with van der Waals surface area (Å²) in [5.41, 5.74) is 22.4. The fourth-order valence-corrected chi connectivity index (χ4v) is 17.3. The fourth-order valence-electron chi connectivity index (χ4n) is 14.9. The number of hydrogen-bond donors (Lipinski definition) is 0. The first kappa shape index (κ1) is 52.1. The minimum atomic E-state index is 0.671. The molecule has 0 saturated heterocycles. The zero-order valence-electron chi connectivity index (χ0n) is 49.9. The van der Waals surface area contributed by atoms with Gasteiger partial charge in [-0.1, -0.05) is 188 Å². The summed E-state index contributed by atoms with van der Waals surface area (Å²) in [6.45, 7) is 0. The maximum absolute atomic E-state index is 6.82. The van der Waals surface area contributed by atoms with Crippen LogP contribution in [0.3, 0.4) is 0 Å². The van der Waals surface area contributed by atoms with Crippen LogP contribution in [-0.2, 0) is 0 Å². The van der Waals surface area contributed by atoms with Crippen LogP contribution in [0.15, 0.2) is 308 Å². The highest BCUT2D eigenvalue weighted by Gasteiger charge is 2.22. The van der Waals surface area contributed by atoms with E-state index in [1.54, 1.807) is 6.33 Å². The normalized spacial score (nSPS) is 12.1. The molecule has 0 aliphatic rings. The summed E-state index contributed by atoms with van der Waals surface area (Å²) < 4.78 is 16.8. The van der Waals surface area contributed by atoms with Gasteiger partial charge in [-0.25, -0.2) is 9.97 Å². The number of para-hydroxylation sites is 2. The molecule has 14 aromatic carbocycles. The number of furan rings is 1. The van der Waals surface area contributed by atoms with Gasteiger partial charge in [-0.2, -0.15) is 0 Å². The van der Waals surface area contributed by atoms with Crippen molar-refractivity contribution in [1.29, 1.82) is 0 Å². The second-order valence-electron chi connectivity index (χ2n) is 24.4. The van der Waals surface area contributed by atoms with E-state index >= 15 is 0 Å². The SMILES string of the molecule is c1cc(-c2ncnc3c2oc2ccc(-c4cc(-c5cccc(-n6c7ccccc7c7cc(-c8ccc9c(c8)c8ccccc8n9-c8ccc9ccccc9c8)ccc76)c5)cc(-c5cccc6c5sc5ccccc56)c4)cc23)cc(-c2cccc3c2sc2ccccc23)c1. The number of fused-ring (bicyclic) bond motifs is 16. The van der Waals surface area contributed by atoms with Crippen LogP contribution in [-0.4, -0.2) is 19.1 Å². The molecule has 0 saturated carbocycles. The molecule has 0 fully saturated rings. The van der Waals surface area contributed by atoms with Gasteiger partial charge in [0, 0.05) is 84.2 Å². The molecule has 0 N–H and O–H groups in total. The third-order valence-corrected chi connectivity index (χ3v) is 21.6. The van der Waals surface area contributed by atoms with E-state index in [0.29, 0.717) is 5.58 Å². The van der Waals surface area contributed by atoms with Gasteiger partial charge in [0.1, 0.15) is 23.1 Å². The molecular weight excluding hydrogens is 1170 g/mol. The maximum Gasteiger partial charge on any atom is 0.180 e. The predicted octanol–water partition coefficient (Wildman–Crippen LogP) is 24.5. The Morgan fingerprint density at radius 1 is 0.280 bits per heavy atom. The Hall–Kier alpha value is -11.7. The average molecular weight is 1220 g/mol. The second-order valence-corrected chi connectivity index (χ2v) is 26.5. The molecule has 6 heterocycles. The van der Waals surface area contributed by atoms with Gasteiger partial charge in [0.05, 0.1) is 22.1 Å². The Balaban J connectivity index is 0.704. The zero-order chi connectivity index (χ0) is 60.8. The summed E-state index contributed by atoms with van der Waals surface area (Å²) in [5.74, 6) is 0. The largest absolute Gasteiger partial charge is 0.452 e. The topological polar surface area (TPSA) is 48.8 Å². The zero-order valence-corrected chi connectivity index (χ0v) is 51.5. The molecule has 0 amide bonds. The summed E-state index contributed by atoms with van der Waals surface area (Å²) >= 11 is 3.71. The highest BCUT2D eigenvalue weighted by Crippen LogP contribution is 2.46. The van der Waals surface area contributed by atoms with Crippen LogP contribution in [0, 0.1) is 0 Å². The van der Waals surface area contributed by atoms with E-state index in [-0.39, 0.29) is 0 Å². The molecule has 0 spiro atoms. The molecule has 0 unspecified atom stereocenters. The van der Waals surface area contributed by atoms with Crippen molar-refractivity contribution in [3.8, 4) is 78.3 Å². The van der Waals surface area contributed by atoms with Crippen molar-refractivity contribution in [2.24, 2.45) is 0 Å². The predicted molar refractivity (Wildman–Crippen MR) is 394 cm³/mol. The molecule has 93 heavy (non-hydrogen) atoms. The molecule has 0 bridgehead atoms. The summed E-state index contributed by atoms with van der Waals surface area (Å²) in [4.78, 5) is 9.87. The summed E-state index contributed by atoms with van der Waals surface area (Å²) in [6.07, 6.45) is 1.68. The first-order chi connectivity index (χ1) is 46.1. The molecule has 6 aromatic heterocycles. The summed E-state index contributed by atoms with van der Waals surface area (Å²) in [5, 5.41) is 13.4. The Labute approximate surface area is 541 Å². The lowest BCUT2D eigenvalue weighted by Gasteiger charge is -2.14. The van der Waals surface area contributed by atoms with Gasteiger partial charge in [0.15, 0.2) is 5.58 Å². The molecule has 0 aliphatic carbocycles. The van der Waals surface area contributed by atoms with E-state index in [1.165, 1.54) is 106 Å². The fraction of sp³-hybridized carbons (Fsp3) is 0. The molecule has 5 nitrogen and oxygen atoms in total. The molecule has 0 atom stereocenters. The van der Waals surface area contributed by atoms with E-state index in [2.05, 4.69) is 306 Å². The van der Waals surface area contributed by atoms with E-state index in [4.69, 9.17) is 14.4 Å². The molecule has 0 aliphatic heterocycles. The molecule has 0 radical (unpaired) electrons. The minimum absolute atomic E-state index is 0.671. The Kier molecular flexibility index (Phi) is 11.4. The first-order valence-corrected chi connectivity index (χ1v) is 33.1. The van der Waals surface area contributed by atoms with Gasteiger partial charge in [-0.15, -0.1) is 22.7 Å². The average Bonchev–Trinajstić information content (AvgIpc) is 1.67. The smallest absolute Gasteiger partial charge is 0.180 e. The highest BCUT2D eigenvalue weighted by atomic mass is 32.1. The highest BCUT2D eigenvalue weighted by molar-refractivity contribution is 7.26. The standard InChI is InChI=1S/C86H50N4OS2/c1-2-16-52-45-63(37-33-51(52)15-1)90-76-30-8-4-22-67(76)73-48-55(35-39-78(73)90)54-34-38-77-72(47-54)66-21-3-7-29-75(66)89(77)62-20-12-17-53(46-62)59-42-60(44-61(43-59)65-26-14-28-71-69-24-6-10-32-81(69)93-86(65)71)56-36-40-79-74(49-56)83-84(91-79)82(87-50-88-83)58-19-11-18-57(41-58)64-25-13-27-70-68-23-5-9-31-80(68)92-85(64)70/h1-50H. The van der Waals surface area contributed by atoms with Gasteiger partial charge >= 0.3 is 0 Å². The van der Waals surface area contributed by atoms with E-state index in [9.17, 15) is 0 Å². The molecule has 20 aromatic rings. The monoisotopic (exact) mass is 1220 g/mol. The van der Waals surface area contributed by atoms with Crippen molar-refractivity contribution in [1.82, 2.24) is 19.1 Å². The molecule has 432 valence electrons. The number of rotatable bonds is 8. The van der Waals surface area contributed by atoms with Gasteiger partial charge < -0.3 is 13.6 Å². The number of aromatic nitrogens is 4. The molecule has 7 heteroatoms. The van der Waals surface area contributed by atoms with Crippen molar-refractivity contribution in [2.45, 2.75) is 0 Å². The van der Waals surface area contributed by atoms with E-state index in [1.807, 2.05) is 22.7 Å². The quantitative estimate of drug-likeness (QED) is 0.152. The summed E-state index contributed by atoms with van der Waals surface area (Å²) in [7, 11) is 0. The van der Waals surface area contributed by atoms with Crippen LogP contribution >= 0.6 is 22.7 Å². The van der Waals surface area contributed by atoms with Crippen molar-refractivity contribution >= 4 is 139 Å². The Bertz CT molecular complexity index is 6530. The lowest BCUT2D eigenvalue weighted by atomic mass is 9.92. The summed E-state index contributed by atoms with van der Waals surface area (Å²) in [6, 6.07) is 109. The minimum Gasteiger partial charge on any atom is -0.452 e. The van der Waals surface area contributed by atoms with Crippen molar-refractivity contribution in [2.75, 3.05) is 0 Å². The second kappa shape index (κ2) is 20.4. The van der Waals surface area contributed by atoms with Crippen molar-refractivity contribution in [3.05, 3.63) is 304 Å².